The van der Waals surface area contributed by atoms with Crippen LogP contribution in [0.5, 0.6) is 0 Å². The topological polar surface area (TPSA) is 66.4 Å². The summed E-state index contributed by atoms with van der Waals surface area (Å²) in [6.45, 7) is 8.31. The van der Waals surface area contributed by atoms with Crippen LogP contribution in [0.4, 0.5) is 5.69 Å². The maximum atomic E-state index is 11.9. The number of carboxylic acids is 1. The minimum atomic E-state index is -1.00. The fourth-order valence-electron chi connectivity index (χ4n) is 1.53. The van der Waals surface area contributed by atoms with E-state index in [0.29, 0.717) is 12.1 Å². The van der Waals surface area contributed by atoms with Gasteiger partial charge >= 0.3 is 5.97 Å². The molecule has 0 aromatic heterocycles. The Morgan fingerprint density at radius 3 is 2.47 bits per heavy atom. The average molecular weight is 263 g/mol. The molecule has 4 heteroatoms. The van der Waals surface area contributed by atoms with Crippen LogP contribution in [-0.2, 0) is 4.79 Å². The maximum absolute atomic E-state index is 11.9. The lowest BCUT2D eigenvalue weighted by molar-refractivity contribution is -0.117. The van der Waals surface area contributed by atoms with Gasteiger partial charge in [-0.05, 0) is 29.5 Å². The van der Waals surface area contributed by atoms with Gasteiger partial charge in [0.05, 0.1) is 5.56 Å². The number of nitrogens with one attached hydrogen (secondary N) is 1. The first-order valence-corrected chi connectivity index (χ1v) is 6.33. The molecule has 0 spiro atoms. The molecule has 0 heterocycles. The highest BCUT2D eigenvalue weighted by atomic mass is 16.4. The second-order valence-corrected chi connectivity index (χ2v) is 5.91. The number of aromatic carboxylic acids is 1. The van der Waals surface area contributed by atoms with Crippen molar-refractivity contribution in [3.63, 3.8) is 0 Å². The third kappa shape index (κ3) is 4.73. The SMILES string of the molecule is CC(CC(=O)Nc1cccc(C(=O)O)c1)C(C)(C)C. The Morgan fingerprint density at radius 1 is 1.32 bits per heavy atom. The lowest BCUT2D eigenvalue weighted by atomic mass is 9.80. The number of hydrogen-bond acceptors (Lipinski definition) is 2. The number of rotatable bonds is 4. The Labute approximate surface area is 113 Å². The molecule has 1 aromatic rings. The Balaban J connectivity index is 2.67. The smallest absolute Gasteiger partial charge is 0.335 e. The van der Waals surface area contributed by atoms with Crippen LogP contribution < -0.4 is 5.32 Å². The highest BCUT2D eigenvalue weighted by molar-refractivity contribution is 5.93. The maximum Gasteiger partial charge on any atom is 0.335 e. The molecular formula is C15H21NO3. The highest BCUT2D eigenvalue weighted by Gasteiger charge is 2.22. The first-order chi connectivity index (χ1) is 8.70. The molecule has 0 saturated carbocycles. The largest absolute Gasteiger partial charge is 0.478 e. The molecule has 1 rings (SSSR count). The van der Waals surface area contributed by atoms with E-state index in [1.807, 2.05) is 6.92 Å². The molecule has 104 valence electrons. The van der Waals surface area contributed by atoms with Gasteiger partial charge in [-0.2, -0.15) is 0 Å². The molecule has 0 aliphatic heterocycles. The Bertz CT molecular complexity index is 475. The van der Waals surface area contributed by atoms with Crippen LogP contribution >= 0.6 is 0 Å². The van der Waals surface area contributed by atoms with Crippen LogP contribution in [0, 0.1) is 11.3 Å². The summed E-state index contributed by atoms with van der Waals surface area (Å²) in [5.74, 6) is -0.848. The molecule has 2 N–H and O–H groups in total. The summed E-state index contributed by atoms with van der Waals surface area (Å²) in [7, 11) is 0. The van der Waals surface area contributed by atoms with Gasteiger partial charge in [0.2, 0.25) is 5.91 Å². The Morgan fingerprint density at radius 2 is 1.95 bits per heavy atom. The van der Waals surface area contributed by atoms with Crippen LogP contribution in [0.1, 0.15) is 44.5 Å². The summed E-state index contributed by atoms with van der Waals surface area (Å²) < 4.78 is 0. The number of anilines is 1. The zero-order valence-corrected chi connectivity index (χ0v) is 11.9. The quantitative estimate of drug-likeness (QED) is 0.875. The molecule has 0 radical (unpaired) electrons. The van der Waals surface area contributed by atoms with Crippen molar-refractivity contribution < 1.29 is 14.7 Å². The van der Waals surface area contributed by atoms with E-state index in [2.05, 4.69) is 26.1 Å². The minimum absolute atomic E-state index is 0.0697. The Kier molecular flexibility index (Phi) is 4.70. The van der Waals surface area contributed by atoms with E-state index in [1.54, 1.807) is 12.1 Å². The van der Waals surface area contributed by atoms with E-state index >= 15 is 0 Å². The summed E-state index contributed by atoms with van der Waals surface area (Å²) in [6.07, 6.45) is 0.417. The fourth-order valence-corrected chi connectivity index (χ4v) is 1.53. The molecule has 1 unspecified atom stereocenters. The molecule has 0 aliphatic carbocycles. The van der Waals surface area contributed by atoms with Gasteiger partial charge in [0.15, 0.2) is 0 Å². The number of carbonyl (C=O) groups excluding carboxylic acids is 1. The van der Waals surface area contributed by atoms with E-state index in [0.717, 1.165) is 0 Å². The van der Waals surface area contributed by atoms with Crippen molar-refractivity contribution in [2.45, 2.75) is 34.1 Å². The van der Waals surface area contributed by atoms with Crippen LogP contribution in [-0.4, -0.2) is 17.0 Å². The van der Waals surface area contributed by atoms with Crippen LogP contribution in [0.15, 0.2) is 24.3 Å². The van der Waals surface area contributed by atoms with Crippen molar-refractivity contribution in [3.05, 3.63) is 29.8 Å². The highest BCUT2D eigenvalue weighted by Crippen LogP contribution is 2.28. The van der Waals surface area contributed by atoms with E-state index in [1.165, 1.54) is 12.1 Å². The van der Waals surface area contributed by atoms with Crippen molar-refractivity contribution in [2.24, 2.45) is 11.3 Å². The third-order valence-electron chi connectivity index (χ3n) is 3.36. The average Bonchev–Trinajstić information content (AvgIpc) is 2.27. The van der Waals surface area contributed by atoms with Gasteiger partial charge in [0.25, 0.3) is 0 Å². The summed E-state index contributed by atoms with van der Waals surface area (Å²) in [4.78, 5) is 22.7. The van der Waals surface area contributed by atoms with E-state index in [-0.39, 0.29) is 22.8 Å². The number of hydrogen-bond donors (Lipinski definition) is 2. The zero-order valence-electron chi connectivity index (χ0n) is 11.9. The summed E-state index contributed by atoms with van der Waals surface area (Å²) in [6, 6.07) is 6.26. The van der Waals surface area contributed by atoms with Crippen LogP contribution in [0.25, 0.3) is 0 Å². The van der Waals surface area contributed by atoms with Gasteiger partial charge in [0.1, 0.15) is 0 Å². The normalized spacial score (nSPS) is 12.8. The van der Waals surface area contributed by atoms with Gasteiger partial charge in [-0.25, -0.2) is 4.79 Å². The summed E-state index contributed by atoms with van der Waals surface area (Å²) >= 11 is 0. The van der Waals surface area contributed by atoms with Crippen molar-refractivity contribution >= 4 is 17.6 Å². The Hall–Kier alpha value is -1.84. The number of amides is 1. The molecule has 0 bridgehead atoms. The van der Waals surface area contributed by atoms with Crippen molar-refractivity contribution in [1.82, 2.24) is 0 Å². The second-order valence-electron chi connectivity index (χ2n) is 5.91. The second kappa shape index (κ2) is 5.87. The lowest BCUT2D eigenvalue weighted by Crippen LogP contribution is -2.24. The monoisotopic (exact) mass is 263 g/mol. The number of carboxylic acid groups (broad SMARTS) is 1. The van der Waals surface area contributed by atoms with E-state index < -0.39 is 5.97 Å². The number of carbonyl (C=O) groups is 2. The summed E-state index contributed by atoms with van der Waals surface area (Å²) in [5.41, 5.74) is 0.757. The van der Waals surface area contributed by atoms with Gasteiger partial charge in [0, 0.05) is 12.1 Å². The van der Waals surface area contributed by atoms with Crippen molar-refractivity contribution in [2.75, 3.05) is 5.32 Å². The standard InChI is InChI=1S/C15H21NO3/c1-10(15(2,3)4)8-13(17)16-12-7-5-6-11(9-12)14(18)19/h5-7,9-10H,8H2,1-4H3,(H,16,17)(H,18,19). The molecule has 19 heavy (non-hydrogen) atoms. The molecule has 4 nitrogen and oxygen atoms in total. The first-order valence-electron chi connectivity index (χ1n) is 6.33. The van der Waals surface area contributed by atoms with Crippen molar-refractivity contribution in [3.8, 4) is 0 Å². The first kappa shape index (κ1) is 15.2. The van der Waals surface area contributed by atoms with Gasteiger partial charge in [-0.15, -0.1) is 0 Å². The van der Waals surface area contributed by atoms with Crippen LogP contribution in [0.2, 0.25) is 0 Å². The van der Waals surface area contributed by atoms with Gasteiger partial charge in [-0.3, -0.25) is 4.79 Å². The van der Waals surface area contributed by atoms with Crippen LogP contribution in [0.3, 0.4) is 0 Å². The number of benzene rings is 1. The van der Waals surface area contributed by atoms with Gasteiger partial charge < -0.3 is 10.4 Å². The van der Waals surface area contributed by atoms with Crippen molar-refractivity contribution in [1.29, 1.82) is 0 Å². The molecule has 0 aliphatic rings. The molecule has 0 saturated heterocycles. The lowest BCUT2D eigenvalue weighted by Gasteiger charge is -2.26. The predicted octanol–water partition coefficient (Wildman–Crippen LogP) is 3.40. The molecular weight excluding hydrogens is 242 g/mol. The fraction of sp³-hybridized carbons (Fsp3) is 0.467. The minimum Gasteiger partial charge on any atom is -0.478 e. The van der Waals surface area contributed by atoms with E-state index in [9.17, 15) is 9.59 Å². The van der Waals surface area contributed by atoms with E-state index in [4.69, 9.17) is 5.11 Å². The molecule has 1 amide bonds. The summed E-state index contributed by atoms with van der Waals surface area (Å²) in [5, 5.41) is 11.6. The predicted molar refractivity (Wildman–Crippen MR) is 75.3 cm³/mol. The third-order valence-corrected chi connectivity index (χ3v) is 3.36. The zero-order chi connectivity index (χ0) is 14.6. The molecule has 1 atom stereocenters. The molecule has 1 aromatic carbocycles. The molecule has 0 fully saturated rings. The van der Waals surface area contributed by atoms with Gasteiger partial charge in [-0.1, -0.05) is 33.8 Å².